The molecule has 0 aromatic heterocycles. The van der Waals surface area contributed by atoms with Gasteiger partial charge in [-0.25, -0.2) is 13.6 Å². The topological polar surface area (TPSA) is 52.6 Å². The Morgan fingerprint density at radius 2 is 1.56 bits per heavy atom. The van der Waals surface area contributed by atoms with Crippen LogP contribution in [-0.2, 0) is 4.74 Å². The fraction of sp³-hybridized carbons (Fsp3) is 0.0588. The summed E-state index contributed by atoms with van der Waals surface area (Å²) in [5, 5.41) is 0. The third-order valence-corrected chi connectivity index (χ3v) is 3.55. The summed E-state index contributed by atoms with van der Waals surface area (Å²) in [6.07, 6.45) is 0.594. The van der Waals surface area contributed by atoms with Crippen LogP contribution in [0.25, 0.3) is 5.76 Å². The summed E-state index contributed by atoms with van der Waals surface area (Å²) >= 11 is 0. The van der Waals surface area contributed by atoms with Gasteiger partial charge in [-0.15, -0.1) is 0 Å². The van der Waals surface area contributed by atoms with Gasteiger partial charge in [0.2, 0.25) is 11.6 Å². The van der Waals surface area contributed by atoms with Crippen molar-refractivity contribution in [3.8, 4) is 5.75 Å². The number of carbonyl (C=O) groups is 2. The van der Waals surface area contributed by atoms with E-state index in [2.05, 4.69) is 4.74 Å². The Labute approximate surface area is 138 Å². The van der Waals surface area contributed by atoms with Crippen molar-refractivity contribution < 1.29 is 36.6 Å². The van der Waals surface area contributed by atoms with Crippen molar-refractivity contribution in [2.45, 2.75) is 0 Å². The predicted octanol–water partition coefficient (Wildman–Crippen LogP) is 3.65. The number of rotatable bonds is 3. The van der Waals surface area contributed by atoms with E-state index in [4.69, 9.17) is 4.74 Å². The number of carbonyl (C=O) groups excluding carboxylic acids is 2. The summed E-state index contributed by atoms with van der Waals surface area (Å²) in [4.78, 5) is 23.8. The lowest BCUT2D eigenvalue weighted by Gasteiger charge is -2.09. The van der Waals surface area contributed by atoms with Crippen molar-refractivity contribution in [2.75, 3.05) is 7.11 Å². The molecule has 0 saturated heterocycles. The van der Waals surface area contributed by atoms with Crippen LogP contribution in [0.4, 0.5) is 17.6 Å². The van der Waals surface area contributed by atoms with Crippen LogP contribution in [0.1, 0.15) is 26.3 Å². The van der Waals surface area contributed by atoms with Gasteiger partial charge in [-0.3, -0.25) is 4.79 Å². The summed E-state index contributed by atoms with van der Waals surface area (Å²) in [5.74, 6) is -11.2. The van der Waals surface area contributed by atoms with Gasteiger partial charge in [0.25, 0.3) is 0 Å². The number of benzene rings is 2. The summed E-state index contributed by atoms with van der Waals surface area (Å²) in [5.41, 5.74) is -1.09. The molecule has 1 heterocycles. The van der Waals surface area contributed by atoms with E-state index in [9.17, 15) is 27.2 Å². The highest BCUT2D eigenvalue weighted by atomic mass is 19.2. The van der Waals surface area contributed by atoms with E-state index in [0.29, 0.717) is 6.08 Å². The van der Waals surface area contributed by atoms with Gasteiger partial charge >= 0.3 is 5.97 Å². The Hall–Kier alpha value is -3.16. The van der Waals surface area contributed by atoms with Crippen LogP contribution in [-0.4, -0.2) is 18.9 Å². The van der Waals surface area contributed by atoms with Gasteiger partial charge in [-0.2, -0.15) is 8.78 Å². The minimum Gasteiger partial charge on any atom is -0.491 e. The van der Waals surface area contributed by atoms with Crippen molar-refractivity contribution in [3.63, 3.8) is 0 Å². The fourth-order valence-electron chi connectivity index (χ4n) is 2.39. The molecule has 0 fully saturated rings. The second-order valence-corrected chi connectivity index (χ2v) is 4.97. The third kappa shape index (κ3) is 2.55. The van der Waals surface area contributed by atoms with E-state index in [1.165, 1.54) is 12.1 Å². The van der Waals surface area contributed by atoms with E-state index in [-0.39, 0.29) is 16.9 Å². The second-order valence-electron chi connectivity index (χ2n) is 4.97. The van der Waals surface area contributed by atoms with Crippen LogP contribution in [0.3, 0.4) is 0 Å². The van der Waals surface area contributed by atoms with Gasteiger partial charge in [0.05, 0.1) is 18.2 Å². The SMILES string of the molecule is COc1c(F)c(F)c(C(=O)C=C2OC(=O)c3ccccc32)c(F)c1F. The van der Waals surface area contributed by atoms with Crippen LogP contribution >= 0.6 is 0 Å². The minimum atomic E-state index is -1.91. The molecule has 1 aliphatic rings. The number of fused-ring (bicyclic) bond motifs is 1. The maximum atomic E-state index is 14.0. The summed E-state index contributed by atoms with van der Waals surface area (Å²) in [6.45, 7) is 0. The molecule has 3 rings (SSSR count). The molecule has 0 spiro atoms. The molecule has 0 aliphatic carbocycles. The Morgan fingerprint density at radius 3 is 2.12 bits per heavy atom. The number of methoxy groups -OCH3 is 1. The maximum absolute atomic E-state index is 14.0. The second kappa shape index (κ2) is 6.04. The van der Waals surface area contributed by atoms with Gasteiger partial charge in [0.15, 0.2) is 23.2 Å². The number of cyclic esters (lactones) is 1. The Bertz CT molecular complexity index is 921. The van der Waals surface area contributed by atoms with Crippen molar-refractivity contribution >= 4 is 17.5 Å². The first-order valence-corrected chi connectivity index (χ1v) is 6.84. The highest BCUT2D eigenvalue weighted by molar-refractivity contribution is 6.12. The Kier molecular flexibility index (Phi) is 4.03. The smallest absolute Gasteiger partial charge is 0.344 e. The Morgan fingerprint density at radius 1 is 1.00 bits per heavy atom. The number of halogens is 4. The molecule has 8 heteroatoms. The molecular weight excluding hydrogens is 344 g/mol. The fourth-order valence-corrected chi connectivity index (χ4v) is 2.39. The van der Waals surface area contributed by atoms with Gasteiger partial charge in [-0.1, -0.05) is 18.2 Å². The van der Waals surface area contributed by atoms with E-state index in [1.807, 2.05) is 0 Å². The van der Waals surface area contributed by atoms with Gasteiger partial charge in [0.1, 0.15) is 5.76 Å². The Balaban J connectivity index is 2.11. The van der Waals surface area contributed by atoms with Crippen molar-refractivity contribution in [1.29, 1.82) is 0 Å². The molecule has 0 atom stereocenters. The first-order chi connectivity index (χ1) is 11.9. The van der Waals surface area contributed by atoms with Crippen LogP contribution in [0, 0.1) is 23.3 Å². The van der Waals surface area contributed by atoms with E-state index < -0.39 is 46.3 Å². The monoisotopic (exact) mass is 352 g/mol. The van der Waals surface area contributed by atoms with Crippen LogP contribution in [0.2, 0.25) is 0 Å². The standard InChI is InChI=1S/C17H8F4O4/c1-24-16-14(20)12(18)11(13(19)15(16)21)9(22)6-10-7-4-2-3-5-8(7)17(23)25-10/h2-6H,1H3. The molecule has 25 heavy (non-hydrogen) atoms. The summed E-state index contributed by atoms with van der Waals surface area (Å²) < 4.78 is 64.5. The van der Waals surface area contributed by atoms with E-state index in [0.717, 1.165) is 7.11 Å². The van der Waals surface area contributed by atoms with E-state index >= 15 is 0 Å². The zero-order chi connectivity index (χ0) is 18.3. The number of esters is 1. The largest absolute Gasteiger partial charge is 0.491 e. The quantitative estimate of drug-likeness (QED) is 0.278. The van der Waals surface area contributed by atoms with Crippen molar-refractivity contribution in [2.24, 2.45) is 0 Å². The lowest BCUT2D eigenvalue weighted by atomic mass is 10.0. The highest BCUT2D eigenvalue weighted by Crippen LogP contribution is 2.33. The molecule has 0 amide bonds. The number of hydrogen-bond donors (Lipinski definition) is 0. The lowest BCUT2D eigenvalue weighted by Crippen LogP contribution is -2.11. The molecule has 1 aliphatic heterocycles. The van der Waals surface area contributed by atoms with Gasteiger partial charge in [0, 0.05) is 11.6 Å². The molecule has 0 saturated carbocycles. The molecule has 128 valence electrons. The van der Waals surface area contributed by atoms with Crippen molar-refractivity contribution in [3.05, 3.63) is 70.3 Å². The summed E-state index contributed by atoms with van der Waals surface area (Å²) in [7, 11) is 0.818. The molecule has 0 unspecified atom stereocenters. The molecule has 0 N–H and O–H groups in total. The van der Waals surface area contributed by atoms with E-state index in [1.54, 1.807) is 12.1 Å². The predicted molar refractivity (Wildman–Crippen MR) is 77.0 cm³/mol. The average Bonchev–Trinajstić information content (AvgIpc) is 2.90. The zero-order valence-corrected chi connectivity index (χ0v) is 12.5. The molecular formula is C17H8F4O4. The zero-order valence-electron chi connectivity index (χ0n) is 12.5. The highest BCUT2D eigenvalue weighted by Gasteiger charge is 2.31. The van der Waals surface area contributed by atoms with Crippen molar-refractivity contribution in [1.82, 2.24) is 0 Å². The lowest BCUT2D eigenvalue weighted by molar-refractivity contribution is 0.0715. The maximum Gasteiger partial charge on any atom is 0.344 e. The number of allylic oxidation sites excluding steroid dienone is 1. The van der Waals surface area contributed by atoms with Gasteiger partial charge in [-0.05, 0) is 6.07 Å². The molecule has 0 bridgehead atoms. The number of ether oxygens (including phenoxy) is 2. The third-order valence-electron chi connectivity index (χ3n) is 3.55. The van der Waals surface area contributed by atoms with Crippen LogP contribution in [0.15, 0.2) is 30.3 Å². The number of hydrogen-bond acceptors (Lipinski definition) is 4. The molecule has 2 aromatic carbocycles. The van der Waals surface area contributed by atoms with Crippen LogP contribution in [0.5, 0.6) is 5.75 Å². The summed E-state index contributed by atoms with van der Waals surface area (Å²) in [6, 6.07) is 5.98. The molecule has 4 nitrogen and oxygen atoms in total. The van der Waals surface area contributed by atoms with Crippen LogP contribution < -0.4 is 4.74 Å². The number of ketones is 1. The molecule has 0 radical (unpaired) electrons. The first kappa shape index (κ1) is 16.7. The normalized spacial score (nSPS) is 14.4. The first-order valence-electron chi connectivity index (χ1n) is 6.84. The van der Waals surface area contributed by atoms with Gasteiger partial charge < -0.3 is 9.47 Å². The molecule has 2 aromatic rings. The minimum absolute atomic E-state index is 0.148. The average molecular weight is 352 g/mol.